The molecular weight excluding hydrogens is 384 g/mol. The monoisotopic (exact) mass is 412 g/mol. The summed E-state index contributed by atoms with van der Waals surface area (Å²) in [5, 5.41) is 10.2. The maximum absolute atomic E-state index is 5.78. The van der Waals surface area contributed by atoms with Crippen LogP contribution in [0.15, 0.2) is 42.7 Å². The van der Waals surface area contributed by atoms with Gasteiger partial charge in [0.05, 0.1) is 23.9 Å². The molecule has 3 aromatic rings. The number of nitrogens with one attached hydrogen (secondary N) is 3. The van der Waals surface area contributed by atoms with Crippen molar-refractivity contribution in [1.29, 1.82) is 0 Å². The molecule has 0 saturated carbocycles. The first-order valence-electron chi connectivity index (χ1n) is 9.74. The molecule has 29 heavy (non-hydrogen) atoms. The van der Waals surface area contributed by atoms with Crippen LogP contribution in [0, 0.1) is 0 Å². The third-order valence-electron chi connectivity index (χ3n) is 4.59. The van der Waals surface area contributed by atoms with Gasteiger partial charge < -0.3 is 20.7 Å². The van der Waals surface area contributed by atoms with E-state index in [0.29, 0.717) is 12.6 Å². The summed E-state index contributed by atoms with van der Waals surface area (Å²) in [5.74, 6) is 0.735. The molecule has 154 valence electrons. The lowest BCUT2D eigenvalue weighted by atomic mass is 10.1. The average Bonchev–Trinajstić information content (AvgIpc) is 2.73. The van der Waals surface area contributed by atoms with Gasteiger partial charge in [0.15, 0.2) is 5.82 Å². The highest BCUT2D eigenvalue weighted by molar-refractivity contribution is 7.59. The van der Waals surface area contributed by atoms with Gasteiger partial charge in [-0.1, -0.05) is 12.1 Å². The number of nitrogens with zero attached hydrogens (tertiary/aromatic N) is 3. The van der Waals surface area contributed by atoms with Crippen molar-refractivity contribution in [2.45, 2.75) is 26.0 Å². The first kappa shape index (κ1) is 21.3. The van der Waals surface area contributed by atoms with E-state index in [2.05, 4.69) is 64.0 Å². The Morgan fingerprint density at radius 3 is 2.69 bits per heavy atom. The Bertz CT molecular complexity index is 928. The maximum Gasteiger partial charge on any atom is 0.154 e. The van der Waals surface area contributed by atoms with Crippen LogP contribution >= 0.6 is 13.5 Å². The van der Waals surface area contributed by atoms with Gasteiger partial charge in [0.25, 0.3) is 0 Å². The summed E-state index contributed by atoms with van der Waals surface area (Å²) < 4.78 is 5.78. The first-order valence-corrected chi connectivity index (χ1v) is 9.74. The molecule has 0 amide bonds. The Morgan fingerprint density at radius 2 is 1.97 bits per heavy atom. The van der Waals surface area contributed by atoms with Crippen molar-refractivity contribution in [1.82, 2.24) is 20.3 Å². The van der Waals surface area contributed by atoms with Crippen LogP contribution in [-0.4, -0.2) is 53.3 Å². The second-order valence-corrected chi connectivity index (χ2v) is 7.23. The molecule has 3 N–H and O–H groups in total. The van der Waals surface area contributed by atoms with Gasteiger partial charge in [0.2, 0.25) is 0 Å². The van der Waals surface area contributed by atoms with E-state index in [1.165, 1.54) is 0 Å². The van der Waals surface area contributed by atoms with Gasteiger partial charge in [0.1, 0.15) is 5.52 Å². The maximum atomic E-state index is 5.78. The number of hydrogen-bond donors (Lipinski definition) is 3. The standard InChI is InChI=1S/C21H26N6O.H2S/c1-14(2)26-16-5-3-15(4-6-16)18-11-19-20(24-8-7-23-19)21(27-18)25-13-17-12-22-9-10-28-17;/h3-8,11,14,17,22,26H,9-10,12-13H2,1-2H3,(H,25,27);1H2/t17-;/m0./s1. The molecule has 0 bridgehead atoms. The molecule has 4 rings (SSSR count). The second-order valence-electron chi connectivity index (χ2n) is 7.23. The van der Waals surface area contributed by atoms with Gasteiger partial charge >= 0.3 is 0 Å². The van der Waals surface area contributed by atoms with E-state index in [9.17, 15) is 0 Å². The molecule has 1 aromatic carbocycles. The summed E-state index contributed by atoms with van der Waals surface area (Å²) in [5.41, 5.74) is 4.60. The van der Waals surface area contributed by atoms with Crippen LogP contribution in [0.4, 0.5) is 11.5 Å². The zero-order valence-electron chi connectivity index (χ0n) is 16.8. The van der Waals surface area contributed by atoms with Crippen molar-refractivity contribution in [3.63, 3.8) is 0 Å². The van der Waals surface area contributed by atoms with Crippen molar-refractivity contribution in [2.75, 3.05) is 36.9 Å². The highest BCUT2D eigenvalue weighted by Gasteiger charge is 2.15. The number of ether oxygens (including phenoxy) is 1. The van der Waals surface area contributed by atoms with E-state index in [0.717, 1.165) is 53.5 Å². The molecule has 3 heterocycles. The van der Waals surface area contributed by atoms with Crippen LogP contribution in [0.2, 0.25) is 0 Å². The molecule has 1 fully saturated rings. The number of rotatable bonds is 6. The number of anilines is 2. The predicted molar refractivity (Wildman–Crippen MR) is 123 cm³/mol. The Kier molecular flexibility index (Phi) is 7.24. The van der Waals surface area contributed by atoms with Crippen LogP contribution in [-0.2, 0) is 4.74 Å². The molecule has 1 aliphatic heterocycles. The minimum Gasteiger partial charge on any atom is -0.383 e. The Hall–Kier alpha value is -2.42. The number of hydrogen-bond acceptors (Lipinski definition) is 7. The molecule has 1 atom stereocenters. The minimum absolute atomic E-state index is 0. The zero-order chi connectivity index (χ0) is 19.3. The third-order valence-corrected chi connectivity index (χ3v) is 4.59. The topological polar surface area (TPSA) is 84.0 Å². The molecule has 0 unspecified atom stereocenters. The van der Waals surface area contributed by atoms with Gasteiger partial charge in [0, 0.05) is 49.3 Å². The van der Waals surface area contributed by atoms with Crippen molar-refractivity contribution in [3.05, 3.63) is 42.7 Å². The lowest BCUT2D eigenvalue weighted by Crippen LogP contribution is -2.42. The predicted octanol–water partition coefficient (Wildman–Crippen LogP) is 3.03. The Morgan fingerprint density at radius 1 is 1.17 bits per heavy atom. The summed E-state index contributed by atoms with van der Waals surface area (Å²) in [6.45, 7) is 7.40. The van der Waals surface area contributed by atoms with E-state index >= 15 is 0 Å². The second kappa shape index (κ2) is 9.87. The molecule has 8 heteroatoms. The third kappa shape index (κ3) is 5.35. The number of benzene rings is 1. The van der Waals surface area contributed by atoms with Crippen LogP contribution in [0.5, 0.6) is 0 Å². The molecule has 1 saturated heterocycles. The number of pyridine rings is 1. The molecule has 1 aliphatic rings. The lowest BCUT2D eigenvalue weighted by Gasteiger charge is -2.24. The summed E-state index contributed by atoms with van der Waals surface area (Å²) in [7, 11) is 0. The van der Waals surface area contributed by atoms with Crippen molar-refractivity contribution in [2.24, 2.45) is 0 Å². The minimum atomic E-state index is 0. The molecule has 7 nitrogen and oxygen atoms in total. The molecular formula is C21H28N6OS. The van der Waals surface area contributed by atoms with Crippen LogP contribution in [0.25, 0.3) is 22.3 Å². The summed E-state index contributed by atoms with van der Waals surface area (Å²) >= 11 is 0. The van der Waals surface area contributed by atoms with E-state index in [1.54, 1.807) is 12.4 Å². The van der Waals surface area contributed by atoms with Crippen LogP contribution < -0.4 is 16.0 Å². The fourth-order valence-corrected chi connectivity index (χ4v) is 3.28. The lowest BCUT2D eigenvalue weighted by molar-refractivity contribution is 0.0372. The number of morpholine rings is 1. The van der Waals surface area contributed by atoms with Crippen LogP contribution in [0.3, 0.4) is 0 Å². The van der Waals surface area contributed by atoms with E-state index in [1.807, 2.05) is 6.07 Å². The van der Waals surface area contributed by atoms with Gasteiger partial charge in [-0.2, -0.15) is 13.5 Å². The highest BCUT2D eigenvalue weighted by atomic mass is 32.1. The largest absolute Gasteiger partial charge is 0.383 e. The van der Waals surface area contributed by atoms with Gasteiger partial charge in [-0.05, 0) is 32.0 Å². The fraction of sp³-hybridized carbons (Fsp3) is 0.381. The molecule has 0 radical (unpaired) electrons. The SMILES string of the molecule is CC(C)Nc1ccc(-c2cc3nccnc3c(NC[C@@H]3CNCCO3)n2)cc1.S. The molecule has 2 aromatic heterocycles. The average molecular weight is 413 g/mol. The van der Waals surface area contributed by atoms with Gasteiger partial charge in [-0.25, -0.2) is 9.97 Å². The molecule has 0 spiro atoms. The Labute approximate surface area is 178 Å². The van der Waals surface area contributed by atoms with Crippen molar-refractivity contribution in [3.8, 4) is 11.3 Å². The summed E-state index contributed by atoms with van der Waals surface area (Å²) in [6, 6.07) is 10.7. The normalized spacial score (nSPS) is 16.4. The van der Waals surface area contributed by atoms with E-state index in [4.69, 9.17) is 9.72 Å². The quantitative estimate of drug-likeness (QED) is 0.574. The first-order chi connectivity index (χ1) is 13.7. The highest BCUT2D eigenvalue weighted by Crippen LogP contribution is 2.26. The zero-order valence-corrected chi connectivity index (χ0v) is 17.8. The van der Waals surface area contributed by atoms with Crippen molar-refractivity contribution < 1.29 is 4.74 Å². The van der Waals surface area contributed by atoms with Gasteiger partial charge in [-0.3, -0.25) is 4.98 Å². The molecule has 0 aliphatic carbocycles. The van der Waals surface area contributed by atoms with Crippen molar-refractivity contribution >= 4 is 36.0 Å². The van der Waals surface area contributed by atoms with E-state index in [-0.39, 0.29) is 19.6 Å². The number of fused-ring (bicyclic) bond motifs is 1. The number of aromatic nitrogens is 3. The van der Waals surface area contributed by atoms with E-state index < -0.39 is 0 Å². The fourth-order valence-electron chi connectivity index (χ4n) is 3.28. The smallest absolute Gasteiger partial charge is 0.154 e. The van der Waals surface area contributed by atoms with Crippen LogP contribution in [0.1, 0.15) is 13.8 Å². The summed E-state index contributed by atoms with van der Waals surface area (Å²) in [6.07, 6.45) is 3.52. The summed E-state index contributed by atoms with van der Waals surface area (Å²) in [4.78, 5) is 13.8. The van der Waals surface area contributed by atoms with Gasteiger partial charge in [-0.15, -0.1) is 0 Å². The Balaban J connectivity index is 0.00000240.